The van der Waals surface area contributed by atoms with Gasteiger partial charge in [-0.25, -0.2) is 9.59 Å². The number of carbonyl (C=O) groups excluding carboxylic acids is 2. The zero-order valence-corrected chi connectivity index (χ0v) is 10.8. The highest BCUT2D eigenvalue weighted by Crippen LogP contribution is 2.07. The molecular formula is C13H16N2O5. The number of benzene rings is 1. The number of cyclic esters (lactones) is 1. The first-order valence-electron chi connectivity index (χ1n) is 6.23. The van der Waals surface area contributed by atoms with Gasteiger partial charge in [-0.15, -0.1) is 0 Å². The topological polar surface area (TPSA) is 88.1 Å². The van der Waals surface area contributed by atoms with Crippen LogP contribution in [0.2, 0.25) is 0 Å². The number of amides is 2. The number of aliphatic hydroxyl groups excluding tert-OH is 1. The molecule has 0 aromatic heterocycles. The zero-order chi connectivity index (χ0) is 14.4. The van der Waals surface area contributed by atoms with E-state index in [9.17, 15) is 9.59 Å². The van der Waals surface area contributed by atoms with E-state index in [1.165, 1.54) is 4.90 Å². The van der Waals surface area contributed by atoms with Crippen LogP contribution in [0.3, 0.4) is 0 Å². The summed E-state index contributed by atoms with van der Waals surface area (Å²) in [5.74, 6) is 0. The molecule has 1 aromatic carbocycles. The lowest BCUT2D eigenvalue weighted by Crippen LogP contribution is -2.36. The molecule has 7 nitrogen and oxygen atoms in total. The molecule has 7 heteroatoms. The average molecular weight is 280 g/mol. The van der Waals surface area contributed by atoms with E-state index in [0.717, 1.165) is 5.56 Å². The Balaban J connectivity index is 1.62. The van der Waals surface area contributed by atoms with E-state index in [-0.39, 0.29) is 26.2 Å². The quantitative estimate of drug-likeness (QED) is 0.828. The molecule has 2 rings (SSSR count). The Labute approximate surface area is 116 Å². The first kappa shape index (κ1) is 14.1. The lowest BCUT2D eigenvalue weighted by Gasteiger charge is -2.12. The highest BCUT2D eigenvalue weighted by atomic mass is 16.7. The maximum Gasteiger partial charge on any atom is 0.412 e. The predicted molar refractivity (Wildman–Crippen MR) is 68.7 cm³/mol. The van der Waals surface area contributed by atoms with Crippen LogP contribution in [0.1, 0.15) is 5.56 Å². The lowest BCUT2D eigenvalue weighted by molar-refractivity contribution is -0.0152. The molecule has 1 heterocycles. The molecule has 1 aromatic rings. The highest BCUT2D eigenvalue weighted by molar-refractivity contribution is 5.70. The monoisotopic (exact) mass is 280 g/mol. The molecule has 0 spiro atoms. The lowest BCUT2D eigenvalue weighted by atomic mass is 10.2. The first-order valence-corrected chi connectivity index (χ1v) is 6.23. The Morgan fingerprint density at radius 3 is 2.85 bits per heavy atom. The molecule has 1 unspecified atom stereocenters. The molecule has 1 atom stereocenters. The molecule has 1 aliphatic heterocycles. The van der Waals surface area contributed by atoms with Crippen molar-refractivity contribution in [1.82, 2.24) is 10.2 Å². The fraction of sp³-hybridized carbons (Fsp3) is 0.385. The first-order chi connectivity index (χ1) is 9.65. The predicted octanol–water partition coefficient (Wildman–Crippen LogP) is 0.683. The normalized spacial score (nSPS) is 17.8. The van der Waals surface area contributed by atoms with Gasteiger partial charge in [-0.3, -0.25) is 0 Å². The summed E-state index contributed by atoms with van der Waals surface area (Å²) < 4.78 is 9.54. The van der Waals surface area contributed by atoms with Gasteiger partial charge < -0.3 is 24.8 Å². The van der Waals surface area contributed by atoms with Crippen LogP contribution in [0.4, 0.5) is 9.59 Å². The summed E-state index contributed by atoms with van der Waals surface area (Å²) in [4.78, 5) is 23.9. The summed E-state index contributed by atoms with van der Waals surface area (Å²) in [5, 5.41) is 11.6. The van der Waals surface area contributed by atoms with Crippen molar-refractivity contribution in [2.24, 2.45) is 0 Å². The van der Waals surface area contributed by atoms with Gasteiger partial charge in [-0.1, -0.05) is 30.3 Å². The molecule has 1 aliphatic rings. The number of nitrogens with zero attached hydrogens (tertiary/aromatic N) is 1. The van der Waals surface area contributed by atoms with Crippen LogP contribution >= 0.6 is 0 Å². The highest BCUT2D eigenvalue weighted by Gasteiger charge is 2.28. The van der Waals surface area contributed by atoms with Crippen LogP contribution in [0.15, 0.2) is 30.3 Å². The molecule has 0 saturated carbocycles. The average Bonchev–Trinajstić information content (AvgIpc) is 2.76. The van der Waals surface area contributed by atoms with Gasteiger partial charge in [0.05, 0.1) is 6.54 Å². The van der Waals surface area contributed by atoms with E-state index < -0.39 is 18.5 Å². The largest absolute Gasteiger partial charge is 0.445 e. The maximum atomic E-state index is 11.4. The third-order valence-electron chi connectivity index (χ3n) is 2.74. The van der Waals surface area contributed by atoms with Gasteiger partial charge in [-0.05, 0) is 5.56 Å². The second-order valence-electron chi connectivity index (χ2n) is 4.27. The fourth-order valence-electron chi connectivity index (χ4n) is 1.74. The molecule has 0 radical (unpaired) electrons. The summed E-state index contributed by atoms with van der Waals surface area (Å²) >= 11 is 0. The van der Waals surface area contributed by atoms with Gasteiger partial charge in [0.15, 0.2) is 0 Å². The van der Waals surface area contributed by atoms with Gasteiger partial charge in [-0.2, -0.15) is 0 Å². The third-order valence-corrected chi connectivity index (χ3v) is 2.74. The third kappa shape index (κ3) is 4.13. The Kier molecular flexibility index (Phi) is 4.78. The number of aliphatic hydroxyl groups is 1. The van der Waals surface area contributed by atoms with Crippen molar-refractivity contribution in [2.45, 2.75) is 12.9 Å². The smallest absolute Gasteiger partial charge is 0.412 e. The number of nitrogens with one attached hydrogen (secondary N) is 1. The number of rotatable bonds is 5. The minimum absolute atomic E-state index is 0.111. The number of hydrogen-bond acceptors (Lipinski definition) is 5. The van der Waals surface area contributed by atoms with Crippen LogP contribution in [-0.2, 0) is 16.1 Å². The van der Waals surface area contributed by atoms with Crippen molar-refractivity contribution in [3.05, 3.63) is 35.9 Å². The molecule has 0 bridgehead atoms. The van der Waals surface area contributed by atoms with Gasteiger partial charge >= 0.3 is 12.2 Å². The minimum atomic E-state index is -1.09. The van der Waals surface area contributed by atoms with Crippen LogP contribution in [0.25, 0.3) is 0 Å². The van der Waals surface area contributed by atoms with Crippen molar-refractivity contribution in [2.75, 3.05) is 19.6 Å². The van der Waals surface area contributed by atoms with E-state index >= 15 is 0 Å². The SMILES string of the molecule is O=C(NCCN1CC(O)OC1=O)OCc1ccccc1. The molecule has 2 amide bonds. The van der Waals surface area contributed by atoms with Crippen molar-refractivity contribution < 1.29 is 24.2 Å². The van der Waals surface area contributed by atoms with E-state index in [4.69, 9.17) is 9.84 Å². The summed E-state index contributed by atoms with van der Waals surface area (Å²) in [6.45, 7) is 0.794. The fourth-order valence-corrected chi connectivity index (χ4v) is 1.74. The maximum absolute atomic E-state index is 11.4. The van der Waals surface area contributed by atoms with Crippen molar-refractivity contribution in [3.63, 3.8) is 0 Å². The Hall–Kier alpha value is -2.28. The number of ether oxygens (including phenoxy) is 2. The van der Waals surface area contributed by atoms with Gasteiger partial charge in [0.2, 0.25) is 6.29 Å². The van der Waals surface area contributed by atoms with Crippen LogP contribution < -0.4 is 5.32 Å². The van der Waals surface area contributed by atoms with Crippen LogP contribution in [0.5, 0.6) is 0 Å². The molecule has 1 fully saturated rings. The zero-order valence-electron chi connectivity index (χ0n) is 10.8. The van der Waals surface area contributed by atoms with E-state index in [1.807, 2.05) is 30.3 Å². The second kappa shape index (κ2) is 6.76. The summed E-state index contributed by atoms with van der Waals surface area (Å²) in [6.07, 6.45) is -2.23. The van der Waals surface area contributed by atoms with Crippen LogP contribution in [0, 0.1) is 0 Å². The Morgan fingerprint density at radius 1 is 1.45 bits per heavy atom. The van der Waals surface area contributed by atoms with Crippen molar-refractivity contribution >= 4 is 12.2 Å². The molecule has 0 aliphatic carbocycles. The number of alkyl carbamates (subject to hydrolysis) is 1. The van der Waals surface area contributed by atoms with Gasteiger partial charge in [0.1, 0.15) is 6.61 Å². The minimum Gasteiger partial charge on any atom is -0.445 e. The van der Waals surface area contributed by atoms with Gasteiger partial charge in [0.25, 0.3) is 0 Å². The number of carbonyl (C=O) groups is 2. The molecule has 20 heavy (non-hydrogen) atoms. The molecule has 1 saturated heterocycles. The number of β-amino-alcohol motifs (C(OH)–C–C–N with tert-alkyl or cyclic N) is 1. The summed E-state index contributed by atoms with van der Waals surface area (Å²) in [5.41, 5.74) is 0.897. The number of hydrogen-bond donors (Lipinski definition) is 2. The van der Waals surface area contributed by atoms with E-state index in [0.29, 0.717) is 0 Å². The van der Waals surface area contributed by atoms with E-state index in [1.54, 1.807) is 0 Å². The molecule has 108 valence electrons. The molecular weight excluding hydrogens is 264 g/mol. The van der Waals surface area contributed by atoms with E-state index in [2.05, 4.69) is 10.1 Å². The Bertz CT molecular complexity index is 465. The van der Waals surface area contributed by atoms with Crippen molar-refractivity contribution in [3.8, 4) is 0 Å². The molecule has 2 N–H and O–H groups in total. The Morgan fingerprint density at radius 2 is 2.20 bits per heavy atom. The summed E-state index contributed by atoms with van der Waals surface area (Å²) in [6, 6.07) is 9.32. The standard InChI is InChI=1S/C13H16N2O5/c16-11-8-15(13(18)20-11)7-6-14-12(17)19-9-10-4-2-1-3-5-10/h1-5,11,16H,6-9H2,(H,14,17). The van der Waals surface area contributed by atoms with Gasteiger partial charge in [0, 0.05) is 13.1 Å². The van der Waals surface area contributed by atoms with Crippen molar-refractivity contribution in [1.29, 1.82) is 0 Å². The second-order valence-corrected chi connectivity index (χ2v) is 4.27. The summed E-state index contributed by atoms with van der Waals surface area (Å²) in [7, 11) is 0. The van der Waals surface area contributed by atoms with Crippen LogP contribution in [-0.4, -0.2) is 48.1 Å².